The van der Waals surface area contributed by atoms with Crippen molar-refractivity contribution in [3.05, 3.63) is 47.0 Å². The van der Waals surface area contributed by atoms with E-state index in [0.717, 1.165) is 31.2 Å². The van der Waals surface area contributed by atoms with Crippen LogP contribution < -0.4 is 21.7 Å². The van der Waals surface area contributed by atoms with E-state index < -0.39 is 11.1 Å². The summed E-state index contributed by atoms with van der Waals surface area (Å²) in [5, 5.41) is 9.47. The Bertz CT molecular complexity index is 952. The van der Waals surface area contributed by atoms with E-state index in [1.54, 1.807) is 18.2 Å². The van der Waals surface area contributed by atoms with Gasteiger partial charge < -0.3 is 26.2 Å². The van der Waals surface area contributed by atoms with Gasteiger partial charge >= 0.3 is 0 Å². The number of carbonyl (C=O) groups excluding carboxylic acids is 1. The molecule has 5 N–H and O–H groups in total. The fourth-order valence-corrected chi connectivity index (χ4v) is 4.41. The first kappa shape index (κ1) is 19.8. The fourth-order valence-electron chi connectivity index (χ4n) is 3.96. The van der Waals surface area contributed by atoms with E-state index in [4.69, 9.17) is 5.73 Å². The summed E-state index contributed by atoms with van der Waals surface area (Å²) in [4.78, 5) is 17.0. The zero-order chi connectivity index (χ0) is 20.4. The molecule has 2 aromatic rings. The molecular weight excluding hydrogens is 390 g/mol. The molecule has 1 saturated carbocycles. The number of benzene rings is 1. The van der Waals surface area contributed by atoms with E-state index >= 15 is 0 Å². The molecule has 0 radical (unpaired) electrons. The second-order valence-corrected chi connectivity index (χ2v) is 8.44. The lowest BCUT2D eigenvalue weighted by atomic mass is 9.91. The van der Waals surface area contributed by atoms with Gasteiger partial charge in [0.2, 0.25) is 0 Å². The molecule has 3 atom stereocenters. The van der Waals surface area contributed by atoms with Gasteiger partial charge in [0.15, 0.2) is 0 Å². The molecule has 1 fully saturated rings. The SMILES string of the molecule is N[C@H]1CCCC[C@H]1Nc1cc2c(c(Nc3cccc(CS(=O)[O-])c3)n1)C(=O)NC2. The topological polar surface area (TPSA) is 132 Å². The summed E-state index contributed by atoms with van der Waals surface area (Å²) in [7, 11) is 0. The first-order valence-corrected chi connectivity index (χ1v) is 11.0. The van der Waals surface area contributed by atoms with E-state index in [2.05, 4.69) is 20.9 Å². The van der Waals surface area contributed by atoms with Gasteiger partial charge in [-0.15, -0.1) is 0 Å². The molecular formula is C20H24N5O3S-. The zero-order valence-electron chi connectivity index (χ0n) is 15.9. The Morgan fingerprint density at radius 2 is 2.10 bits per heavy atom. The summed E-state index contributed by atoms with van der Waals surface area (Å²) < 4.78 is 22.0. The van der Waals surface area contributed by atoms with Crippen molar-refractivity contribution in [1.82, 2.24) is 10.3 Å². The molecule has 1 aromatic heterocycles. The van der Waals surface area contributed by atoms with Gasteiger partial charge in [0.05, 0.1) is 5.56 Å². The summed E-state index contributed by atoms with van der Waals surface area (Å²) in [6.07, 6.45) is 4.26. The highest BCUT2D eigenvalue weighted by molar-refractivity contribution is 7.78. The molecule has 0 saturated heterocycles. The van der Waals surface area contributed by atoms with E-state index in [1.165, 1.54) is 0 Å². The fraction of sp³-hybridized carbons (Fsp3) is 0.400. The van der Waals surface area contributed by atoms with Crippen LogP contribution in [0.5, 0.6) is 0 Å². The van der Waals surface area contributed by atoms with Gasteiger partial charge in [-0.2, -0.15) is 0 Å². The van der Waals surface area contributed by atoms with Crippen molar-refractivity contribution in [1.29, 1.82) is 0 Å². The van der Waals surface area contributed by atoms with E-state index in [9.17, 15) is 13.6 Å². The molecule has 1 unspecified atom stereocenters. The number of anilines is 3. The van der Waals surface area contributed by atoms with E-state index in [-0.39, 0.29) is 23.7 Å². The maximum Gasteiger partial charge on any atom is 0.255 e. The van der Waals surface area contributed by atoms with Crippen molar-refractivity contribution in [3.8, 4) is 0 Å². The summed E-state index contributed by atoms with van der Waals surface area (Å²) in [5.41, 5.74) is 8.98. The number of nitrogens with one attached hydrogen (secondary N) is 3. The Morgan fingerprint density at radius 1 is 1.28 bits per heavy atom. The molecule has 1 aliphatic carbocycles. The number of fused-ring (bicyclic) bond motifs is 1. The van der Waals surface area contributed by atoms with Crippen LogP contribution in [0, 0.1) is 0 Å². The Kier molecular flexibility index (Phi) is 5.79. The van der Waals surface area contributed by atoms with Gasteiger partial charge in [0.1, 0.15) is 11.6 Å². The molecule has 2 aliphatic rings. The lowest BCUT2D eigenvalue weighted by molar-refractivity contribution is 0.0966. The highest BCUT2D eigenvalue weighted by Crippen LogP contribution is 2.30. The smallest absolute Gasteiger partial charge is 0.255 e. The van der Waals surface area contributed by atoms with Gasteiger partial charge in [0, 0.05) is 30.1 Å². The molecule has 2 heterocycles. The lowest BCUT2D eigenvalue weighted by Gasteiger charge is -2.30. The molecule has 29 heavy (non-hydrogen) atoms. The minimum Gasteiger partial charge on any atom is -0.772 e. The van der Waals surface area contributed by atoms with Crippen LogP contribution in [-0.4, -0.2) is 31.7 Å². The van der Waals surface area contributed by atoms with Crippen molar-refractivity contribution in [2.45, 2.75) is 50.1 Å². The zero-order valence-corrected chi connectivity index (χ0v) is 16.8. The Morgan fingerprint density at radius 3 is 2.90 bits per heavy atom. The average molecular weight is 415 g/mol. The van der Waals surface area contributed by atoms with Crippen LogP contribution in [0.2, 0.25) is 0 Å². The van der Waals surface area contributed by atoms with Crippen LogP contribution in [0.1, 0.15) is 47.2 Å². The van der Waals surface area contributed by atoms with Crippen LogP contribution >= 0.6 is 0 Å². The molecule has 1 amide bonds. The largest absolute Gasteiger partial charge is 0.772 e. The number of hydrogen-bond acceptors (Lipinski definition) is 7. The number of rotatable bonds is 6. The van der Waals surface area contributed by atoms with Crippen molar-refractivity contribution in [3.63, 3.8) is 0 Å². The Hall–Kier alpha value is -2.49. The first-order chi connectivity index (χ1) is 14.0. The van der Waals surface area contributed by atoms with Gasteiger partial charge in [-0.3, -0.25) is 9.00 Å². The Labute approximate surface area is 172 Å². The second-order valence-electron chi connectivity index (χ2n) is 7.55. The third-order valence-electron chi connectivity index (χ3n) is 5.39. The molecule has 8 nitrogen and oxygen atoms in total. The number of nitrogens with two attached hydrogens (primary N) is 1. The van der Waals surface area contributed by atoms with Crippen LogP contribution in [0.3, 0.4) is 0 Å². The van der Waals surface area contributed by atoms with Crippen molar-refractivity contribution >= 4 is 34.3 Å². The van der Waals surface area contributed by atoms with Gasteiger partial charge in [-0.05, 0) is 42.2 Å². The maximum atomic E-state index is 12.3. The van der Waals surface area contributed by atoms with Crippen LogP contribution in [0.15, 0.2) is 30.3 Å². The molecule has 1 aliphatic heterocycles. The standard InChI is InChI=1S/C20H25N5O3S/c21-15-6-1-2-7-16(15)24-17-9-13-10-22-20(26)18(13)19(25-17)23-14-5-3-4-12(8-14)11-29(27)28/h3-5,8-9,15-16H,1-2,6-7,10-11,21H2,(H,22,26)(H,27,28)(H2,23,24,25)/p-1/t15-,16+/m0/s1. The Balaban J connectivity index is 1.62. The van der Waals surface area contributed by atoms with Crippen molar-refractivity contribution in [2.24, 2.45) is 5.73 Å². The van der Waals surface area contributed by atoms with Crippen molar-refractivity contribution in [2.75, 3.05) is 10.6 Å². The maximum absolute atomic E-state index is 12.3. The minimum absolute atomic E-state index is 0.0668. The van der Waals surface area contributed by atoms with Crippen LogP contribution in [-0.2, 0) is 23.4 Å². The molecule has 1 aromatic carbocycles. The third-order valence-corrected chi connectivity index (χ3v) is 5.96. The summed E-state index contributed by atoms with van der Waals surface area (Å²) in [5.74, 6) is 0.891. The predicted molar refractivity (Wildman–Crippen MR) is 112 cm³/mol. The number of aromatic nitrogens is 1. The monoisotopic (exact) mass is 414 g/mol. The van der Waals surface area contributed by atoms with Crippen LogP contribution in [0.25, 0.3) is 0 Å². The lowest BCUT2D eigenvalue weighted by Crippen LogP contribution is -2.42. The number of nitrogens with zero attached hydrogens (tertiary/aromatic N) is 1. The first-order valence-electron chi connectivity index (χ1n) is 9.75. The minimum atomic E-state index is -2.17. The van der Waals surface area contributed by atoms with Crippen molar-refractivity contribution < 1.29 is 13.6 Å². The van der Waals surface area contributed by atoms with E-state index in [0.29, 0.717) is 35.0 Å². The van der Waals surface area contributed by atoms with Gasteiger partial charge in [-0.25, -0.2) is 4.98 Å². The summed E-state index contributed by atoms with van der Waals surface area (Å²) in [6, 6.07) is 9.21. The molecule has 4 rings (SSSR count). The van der Waals surface area contributed by atoms with Gasteiger partial charge in [0.25, 0.3) is 5.91 Å². The quantitative estimate of drug-likeness (QED) is 0.532. The number of amides is 1. The van der Waals surface area contributed by atoms with Gasteiger partial charge in [-0.1, -0.05) is 36.1 Å². The second kappa shape index (κ2) is 8.48. The highest BCUT2D eigenvalue weighted by atomic mass is 32.2. The molecule has 0 bridgehead atoms. The predicted octanol–water partition coefficient (Wildman–Crippen LogP) is 2.13. The highest BCUT2D eigenvalue weighted by Gasteiger charge is 2.27. The molecule has 9 heteroatoms. The summed E-state index contributed by atoms with van der Waals surface area (Å²) >= 11 is -2.17. The number of carbonyl (C=O) groups is 1. The molecule has 154 valence electrons. The normalized spacial score (nSPS) is 21.9. The van der Waals surface area contributed by atoms with Crippen LogP contribution in [0.4, 0.5) is 17.3 Å². The van der Waals surface area contributed by atoms with E-state index in [1.807, 2.05) is 12.1 Å². The third kappa shape index (κ3) is 4.58. The number of pyridine rings is 1. The summed E-state index contributed by atoms with van der Waals surface area (Å²) in [6.45, 7) is 0.450. The molecule has 0 spiro atoms. The number of hydrogen-bond donors (Lipinski definition) is 4. The average Bonchev–Trinajstić information content (AvgIpc) is 3.04.